The molecule has 0 fully saturated rings. The molecule has 0 saturated carbocycles. The summed E-state index contributed by atoms with van der Waals surface area (Å²) in [6, 6.07) is 0. The Morgan fingerprint density at radius 1 is 0.800 bits per heavy atom. The molecule has 0 aromatic rings. The Hall–Kier alpha value is -0.530. The number of aliphatic carboxylic acids is 1. The first-order chi connectivity index (χ1) is 9.70. The molecule has 1 atom stereocenters. The van der Waals surface area contributed by atoms with Gasteiger partial charge in [-0.25, -0.2) is 0 Å². The molecule has 20 heavy (non-hydrogen) atoms. The standard InChI is InChI=1S/C18H36O2/c1-3-5-6-7-8-9-10-11-12-13-14-17(4-2)15-16-18(19)20/h17H,3-16H2,1-2H3,(H,19,20). The van der Waals surface area contributed by atoms with Crippen molar-refractivity contribution in [2.75, 3.05) is 0 Å². The molecule has 2 heteroatoms. The van der Waals surface area contributed by atoms with Gasteiger partial charge in [-0.15, -0.1) is 0 Å². The topological polar surface area (TPSA) is 37.3 Å². The molecule has 0 spiro atoms. The van der Waals surface area contributed by atoms with Gasteiger partial charge in [0.25, 0.3) is 0 Å². The van der Waals surface area contributed by atoms with Crippen molar-refractivity contribution in [3.63, 3.8) is 0 Å². The zero-order valence-electron chi connectivity index (χ0n) is 13.8. The normalized spacial score (nSPS) is 12.5. The van der Waals surface area contributed by atoms with E-state index in [4.69, 9.17) is 5.11 Å². The number of unbranched alkanes of at least 4 members (excludes halogenated alkanes) is 9. The van der Waals surface area contributed by atoms with Crippen molar-refractivity contribution in [3.05, 3.63) is 0 Å². The van der Waals surface area contributed by atoms with E-state index in [1.54, 1.807) is 0 Å². The molecule has 0 aromatic heterocycles. The number of rotatable bonds is 15. The molecular weight excluding hydrogens is 248 g/mol. The van der Waals surface area contributed by atoms with Crippen molar-refractivity contribution in [2.24, 2.45) is 5.92 Å². The zero-order valence-corrected chi connectivity index (χ0v) is 13.8. The van der Waals surface area contributed by atoms with Gasteiger partial charge in [-0.05, 0) is 12.3 Å². The van der Waals surface area contributed by atoms with Crippen LogP contribution >= 0.6 is 0 Å². The maximum atomic E-state index is 10.6. The molecule has 0 heterocycles. The van der Waals surface area contributed by atoms with Crippen LogP contribution in [-0.2, 0) is 4.79 Å². The zero-order chi connectivity index (χ0) is 15.1. The summed E-state index contributed by atoms with van der Waals surface area (Å²) < 4.78 is 0. The Balaban J connectivity index is 3.26. The lowest BCUT2D eigenvalue weighted by atomic mass is 9.93. The van der Waals surface area contributed by atoms with Crippen LogP contribution in [0.2, 0.25) is 0 Å². The average molecular weight is 284 g/mol. The quantitative estimate of drug-likeness (QED) is 0.364. The number of hydrogen-bond acceptors (Lipinski definition) is 1. The van der Waals surface area contributed by atoms with Gasteiger partial charge in [0.2, 0.25) is 0 Å². The average Bonchev–Trinajstić information content (AvgIpc) is 2.44. The van der Waals surface area contributed by atoms with Crippen molar-refractivity contribution >= 4 is 5.97 Å². The third-order valence-electron chi connectivity index (χ3n) is 4.31. The summed E-state index contributed by atoms with van der Waals surface area (Å²) in [5.74, 6) is -0.0216. The van der Waals surface area contributed by atoms with Crippen LogP contribution in [0.5, 0.6) is 0 Å². The molecule has 2 nitrogen and oxygen atoms in total. The van der Waals surface area contributed by atoms with E-state index in [9.17, 15) is 4.79 Å². The number of carboxylic acids is 1. The molecule has 0 radical (unpaired) electrons. The molecule has 1 unspecified atom stereocenters. The summed E-state index contributed by atoms with van der Waals surface area (Å²) in [5.41, 5.74) is 0. The second-order valence-electron chi connectivity index (χ2n) is 6.18. The highest BCUT2D eigenvalue weighted by Gasteiger charge is 2.08. The fourth-order valence-corrected chi connectivity index (χ4v) is 2.80. The lowest BCUT2D eigenvalue weighted by Crippen LogP contribution is -2.03. The van der Waals surface area contributed by atoms with Crippen LogP contribution < -0.4 is 0 Å². The molecule has 0 aromatic carbocycles. The van der Waals surface area contributed by atoms with Gasteiger partial charge >= 0.3 is 5.97 Å². The van der Waals surface area contributed by atoms with Crippen LogP contribution in [0.4, 0.5) is 0 Å². The Morgan fingerprint density at radius 2 is 1.30 bits per heavy atom. The second-order valence-corrected chi connectivity index (χ2v) is 6.18. The number of carboxylic acid groups (broad SMARTS) is 1. The van der Waals surface area contributed by atoms with Crippen LogP contribution in [0, 0.1) is 5.92 Å². The second kappa shape index (κ2) is 14.9. The third kappa shape index (κ3) is 13.9. The highest BCUT2D eigenvalue weighted by Crippen LogP contribution is 2.20. The van der Waals surface area contributed by atoms with E-state index < -0.39 is 5.97 Å². The molecule has 0 aliphatic carbocycles. The Labute approximate surface area is 126 Å². The summed E-state index contributed by atoms with van der Waals surface area (Å²) in [5, 5.41) is 8.70. The first kappa shape index (κ1) is 19.5. The van der Waals surface area contributed by atoms with Crippen LogP contribution in [0.3, 0.4) is 0 Å². The fourth-order valence-electron chi connectivity index (χ4n) is 2.80. The number of carbonyl (C=O) groups is 1. The molecule has 0 amide bonds. The molecule has 0 aliphatic rings. The van der Waals surface area contributed by atoms with E-state index >= 15 is 0 Å². The maximum absolute atomic E-state index is 10.6. The maximum Gasteiger partial charge on any atom is 0.303 e. The predicted molar refractivity (Wildman–Crippen MR) is 87.1 cm³/mol. The van der Waals surface area contributed by atoms with E-state index in [1.165, 1.54) is 70.6 Å². The monoisotopic (exact) mass is 284 g/mol. The Bertz CT molecular complexity index is 213. The molecule has 0 aliphatic heterocycles. The van der Waals surface area contributed by atoms with E-state index in [-0.39, 0.29) is 0 Å². The minimum Gasteiger partial charge on any atom is -0.481 e. The highest BCUT2D eigenvalue weighted by molar-refractivity contribution is 5.66. The Kier molecular flexibility index (Phi) is 14.5. The summed E-state index contributed by atoms with van der Waals surface area (Å²) in [7, 11) is 0. The minimum absolute atomic E-state index is 0.344. The van der Waals surface area contributed by atoms with Gasteiger partial charge in [-0.3, -0.25) is 4.79 Å². The summed E-state index contributed by atoms with van der Waals surface area (Å²) >= 11 is 0. The van der Waals surface area contributed by atoms with Gasteiger partial charge in [0.05, 0.1) is 0 Å². The smallest absolute Gasteiger partial charge is 0.303 e. The van der Waals surface area contributed by atoms with E-state index in [2.05, 4.69) is 13.8 Å². The van der Waals surface area contributed by atoms with Crippen molar-refractivity contribution in [1.29, 1.82) is 0 Å². The fraction of sp³-hybridized carbons (Fsp3) is 0.944. The highest BCUT2D eigenvalue weighted by atomic mass is 16.4. The van der Waals surface area contributed by atoms with Gasteiger partial charge in [0.15, 0.2) is 0 Å². The molecule has 1 N–H and O–H groups in total. The van der Waals surface area contributed by atoms with Crippen molar-refractivity contribution < 1.29 is 9.90 Å². The first-order valence-corrected chi connectivity index (χ1v) is 8.92. The minimum atomic E-state index is -0.647. The molecule has 120 valence electrons. The Morgan fingerprint density at radius 3 is 1.75 bits per heavy atom. The van der Waals surface area contributed by atoms with Gasteiger partial charge in [-0.1, -0.05) is 90.9 Å². The van der Waals surface area contributed by atoms with Gasteiger partial charge in [0, 0.05) is 6.42 Å². The molecule has 0 bridgehead atoms. The summed E-state index contributed by atoms with van der Waals surface area (Å²) in [4.78, 5) is 10.6. The lowest BCUT2D eigenvalue weighted by molar-refractivity contribution is -0.137. The first-order valence-electron chi connectivity index (χ1n) is 8.92. The van der Waals surface area contributed by atoms with Crippen molar-refractivity contribution in [3.8, 4) is 0 Å². The van der Waals surface area contributed by atoms with Crippen molar-refractivity contribution in [2.45, 2.75) is 104 Å². The SMILES string of the molecule is CCCCCCCCCCCCC(CC)CCC(=O)O. The summed E-state index contributed by atoms with van der Waals surface area (Å²) in [6.07, 6.45) is 17.3. The lowest BCUT2D eigenvalue weighted by Gasteiger charge is -2.13. The van der Waals surface area contributed by atoms with Gasteiger partial charge < -0.3 is 5.11 Å². The largest absolute Gasteiger partial charge is 0.481 e. The van der Waals surface area contributed by atoms with E-state index in [0.717, 1.165) is 12.8 Å². The molecular formula is C18H36O2. The van der Waals surface area contributed by atoms with E-state index in [0.29, 0.717) is 12.3 Å². The van der Waals surface area contributed by atoms with Crippen LogP contribution in [0.25, 0.3) is 0 Å². The molecule has 0 saturated heterocycles. The van der Waals surface area contributed by atoms with Crippen LogP contribution in [-0.4, -0.2) is 11.1 Å². The van der Waals surface area contributed by atoms with Gasteiger partial charge in [0.1, 0.15) is 0 Å². The van der Waals surface area contributed by atoms with Crippen LogP contribution in [0.1, 0.15) is 104 Å². The molecule has 0 rings (SSSR count). The van der Waals surface area contributed by atoms with Crippen LogP contribution in [0.15, 0.2) is 0 Å². The predicted octanol–water partition coefficient (Wildman–Crippen LogP) is 6.19. The van der Waals surface area contributed by atoms with Gasteiger partial charge in [-0.2, -0.15) is 0 Å². The van der Waals surface area contributed by atoms with E-state index in [1.807, 2.05) is 0 Å². The third-order valence-corrected chi connectivity index (χ3v) is 4.31. The van der Waals surface area contributed by atoms with Crippen molar-refractivity contribution in [1.82, 2.24) is 0 Å². The summed E-state index contributed by atoms with van der Waals surface area (Å²) in [6.45, 7) is 4.45. The number of hydrogen-bond donors (Lipinski definition) is 1.